The summed E-state index contributed by atoms with van der Waals surface area (Å²) in [6, 6.07) is 3.03. The van der Waals surface area contributed by atoms with Crippen molar-refractivity contribution in [1.82, 2.24) is 10.0 Å². The summed E-state index contributed by atoms with van der Waals surface area (Å²) in [5, 5.41) is 2.21. The summed E-state index contributed by atoms with van der Waals surface area (Å²) in [5.74, 6) is -0.955. The third kappa shape index (κ3) is 6.52. The highest BCUT2D eigenvalue weighted by molar-refractivity contribution is 7.93. The molecule has 24 heavy (non-hydrogen) atoms. The normalized spacial score (nSPS) is 12.0. The first-order valence-corrected chi connectivity index (χ1v) is 10.1. The number of sulfonamides is 2. The Morgan fingerprint density at radius 1 is 1.12 bits per heavy atom. The molecule has 0 aliphatic heterocycles. The molecule has 11 heteroatoms. The van der Waals surface area contributed by atoms with Crippen molar-refractivity contribution < 1.29 is 21.2 Å². The van der Waals surface area contributed by atoms with Crippen molar-refractivity contribution in [3.63, 3.8) is 0 Å². The van der Waals surface area contributed by atoms with Gasteiger partial charge in [-0.1, -0.05) is 6.92 Å². The predicted molar refractivity (Wildman–Crippen MR) is 95.1 cm³/mol. The molecule has 7 nitrogen and oxygen atoms in total. The van der Waals surface area contributed by atoms with E-state index >= 15 is 0 Å². The maximum atomic E-state index is 14.0. The van der Waals surface area contributed by atoms with Crippen LogP contribution >= 0.6 is 12.4 Å². The van der Waals surface area contributed by atoms with Crippen LogP contribution in [-0.4, -0.2) is 41.7 Å². The van der Waals surface area contributed by atoms with Gasteiger partial charge >= 0.3 is 0 Å². The quantitative estimate of drug-likeness (QED) is 0.539. The van der Waals surface area contributed by atoms with Gasteiger partial charge in [-0.3, -0.25) is 4.72 Å². The Morgan fingerprint density at radius 2 is 1.75 bits per heavy atom. The van der Waals surface area contributed by atoms with E-state index < -0.39 is 31.1 Å². The molecule has 0 unspecified atom stereocenters. The van der Waals surface area contributed by atoms with E-state index in [1.165, 1.54) is 13.8 Å². The predicted octanol–water partition coefficient (Wildman–Crippen LogP) is 1.29. The van der Waals surface area contributed by atoms with E-state index in [9.17, 15) is 21.2 Å². The Bertz CT molecular complexity index is 740. The molecule has 0 aromatic heterocycles. The van der Waals surface area contributed by atoms with E-state index in [0.717, 1.165) is 18.2 Å². The Balaban J connectivity index is 0.00000529. The van der Waals surface area contributed by atoms with Crippen LogP contribution in [0.1, 0.15) is 20.8 Å². The molecule has 1 aromatic carbocycles. The summed E-state index contributed by atoms with van der Waals surface area (Å²) in [5.41, 5.74) is -0.287. The van der Waals surface area contributed by atoms with E-state index in [4.69, 9.17) is 0 Å². The van der Waals surface area contributed by atoms with Crippen LogP contribution in [0.4, 0.5) is 10.1 Å². The molecule has 0 fully saturated rings. The molecule has 0 spiro atoms. The van der Waals surface area contributed by atoms with E-state index in [2.05, 4.69) is 14.8 Å². The molecule has 0 amide bonds. The van der Waals surface area contributed by atoms with Crippen LogP contribution in [0.25, 0.3) is 0 Å². The monoisotopic (exact) mass is 403 g/mol. The largest absolute Gasteiger partial charge is 0.316 e. The van der Waals surface area contributed by atoms with Crippen LogP contribution in [0, 0.1) is 5.82 Å². The molecule has 0 atom stereocenters. The summed E-state index contributed by atoms with van der Waals surface area (Å²) in [4.78, 5) is -0.265. The molecule has 0 radical (unpaired) electrons. The number of hydrogen-bond acceptors (Lipinski definition) is 5. The lowest BCUT2D eigenvalue weighted by molar-refractivity contribution is 0.574. The van der Waals surface area contributed by atoms with Gasteiger partial charge in [-0.2, -0.15) is 0 Å². The fourth-order valence-electron chi connectivity index (χ4n) is 1.55. The van der Waals surface area contributed by atoms with Crippen molar-refractivity contribution in [2.75, 3.05) is 24.4 Å². The van der Waals surface area contributed by atoms with Gasteiger partial charge in [0.2, 0.25) is 20.0 Å². The van der Waals surface area contributed by atoms with Crippen molar-refractivity contribution in [3.05, 3.63) is 24.0 Å². The van der Waals surface area contributed by atoms with E-state index in [1.54, 1.807) is 0 Å². The number of rotatable bonds is 9. The molecule has 0 saturated carbocycles. The number of likely N-dealkylation sites (N-methyl/N-ethyl adjacent to an activating group) is 1. The van der Waals surface area contributed by atoms with E-state index in [1.807, 2.05) is 6.92 Å². The van der Waals surface area contributed by atoms with Crippen molar-refractivity contribution >= 4 is 38.1 Å². The molecule has 140 valence electrons. The first-order valence-electron chi connectivity index (χ1n) is 7.11. The number of benzene rings is 1. The highest BCUT2D eigenvalue weighted by Crippen LogP contribution is 2.20. The van der Waals surface area contributed by atoms with Crippen molar-refractivity contribution in [2.45, 2.75) is 30.9 Å². The van der Waals surface area contributed by atoms with Crippen molar-refractivity contribution in [1.29, 1.82) is 0 Å². The van der Waals surface area contributed by atoms with Crippen LogP contribution in [0.3, 0.4) is 0 Å². The van der Waals surface area contributed by atoms with Crippen LogP contribution in [0.5, 0.6) is 0 Å². The SMILES string of the molecule is CCNCCNS(=O)(=O)c1ccc(NS(=O)(=O)C(C)C)c(F)c1.Cl. The Kier molecular flexibility index (Phi) is 9.15. The molecule has 3 N–H and O–H groups in total. The van der Waals surface area contributed by atoms with E-state index in [0.29, 0.717) is 13.1 Å². The zero-order chi connectivity index (χ0) is 17.7. The summed E-state index contributed by atoms with van der Waals surface area (Å²) in [7, 11) is -7.55. The third-order valence-corrected chi connectivity index (χ3v) is 6.17. The highest BCUT2D eigenvalue weighted by Gasteiger charge is 2.20. The molecule has 0 saturated heterocycles. The fourth-order valence-corrected chi connectivity index (χ4v) is 3.30. The Hall–Kier alpha value is -0.940. The maximum Gasteiger partial charge on any atom is 0.240 e. The lowest BCUT2D eigenvalue weighted by Crippen LogP contribution is -2.31. The minimum atomic E-state index is -3.85. The lowest BCUT2D eigenvalue weighted by Gasteiger charge is -2.12. The van der Waals surface area contributed by atoms with Gasteiger partial charge in [0.05, 0.1) is 15.8 Å². The second-order valence-electron chi connectivity index (χ2n) is 5.09. The fraction of sp³-hybridized carbons (Fsp3) is 0.538. The average molecular weight is 404 g/mol. The van der Waals surface area contributed by atoms with Gasteiger partial charge in [-0.25, -0.2) is 25.9 Å². The van der Waals surface area contributed by atoms with Gasteiger partial charge < -0.3 is 5.32 Å². The zero-order valence-corrected chi connectivity index (χ0v) is 16.1. The molecule has 1 rings (SSSR count). The van der Waals surface area contributed by atoms with Gasteiger partial charge in [0, 0.05) is 13.1 Å². The number of nitrogens with one attached hydrogen (secondary N) is 3. The topological polar surface area (TPSA) is 104 Å². The van der Waals surface area contributed by atoms with Crippen LogP contribution in [0.2, 0.25) is 0 Å². The molecule has 0 aliphatic rings. The Morgan fingerprint density at radius 3 is 2.25 bits per heavy atom. The second-order valence-corrected chi connectivity index (χ2v) is 9.09. The summed E-state index contributed by atoms with van der Waals surface area (Å²) in [6.07, 6.45) is 0. The van der Waals surface area contributed by atoms with Crippen LogP contribution < -0.4 is 14.8 Å². The molecule has 0 bridgehead atoms. The van der Waals surface area contributed by atoms with E-state index in [-0.39, 0.29) is 29.5 Å². The molecule has 1 aromatic rings. The average Bonchev–Trinajstić information content (AvgIpc) is 2.45. The van der Waals surface area contributed by atoms with Crippen LogP contribution in [-0.2, 0) is 20.0 Å². The summed E-state index contributed by atoms with van der Waals surface area (Å²) in [6.45, 7) is 6.12. The first kappa shape index (κ1) is 23.1. The molecule has 0 aliphatic carbocycles. The lowest BCUT2D eigenvalue weighted by atomic mass is 10.3. The van der Waals surface area contributed by atoms with Gasteiger partial charge in [-0.05, 0) is 38.6 Å². The van der Waals surface area contributed by atoms with Crippen molar-refractivity contribution in [2.24, 2.45) is 0 Å². The maximum absolute atomic E-state index is 14.0. The molecular weight excluding hydrogens is 381 g/mol. The van der Waals surface area contributed by atoms with Gasteiger partial charge in [0.15, 0.2) is 0 Å². The second kappa shape index (κ2) is 9.52. The molecular formula is C13H23ClFN3O4S2. The van der Waals surface area contributed by atoms with Gasteiger partial charge in [0.25, 0.3) is 0 Å². The summed E-state index contributed by atoms with van der Waals surface area (Å²) < 4.78 is 65.9. The van der Waals surface area contributed by atoms with Gasteiger partial charge in [0.1, 0.15) is 5.82 Å². The number of hydrogen-bond donors (Lipinski definition) is 3. The highest BCUT2D eigenvalue weighted by atomic mass is 35.5. The smallest absolute Gasteiger partial charge is 0.240 e. The molecule has 0 heterocycles. The Labute approximate surface area is 148 Å². The van der Waals surface area contributed by atoms with Crippen molar-refractivity contribution in [3.8, 4) is 0 Å². The van der Waals surface area contributed by atoms with Gasteiger partial charge in [-0.15, -0.1) is 12.4 Å². The number of anilines is 1. The first-order chi connectivity index (χ1) is 10.6. The number of halogens is 2. The van der Waals surface area contributed by atoms with Crippen LogP contribution in [0.15, 0.2) is 23.1 Å². The zero-order valence-electron chi connectivity index (χ0n) is 13.7. The summed E-state index contributed by atoms with van der Waals surface area (Å²) >= 11 is 0. The minimum absolute atomic E-state index is 0. The minimum Gasteiger partial charge on any atom is -0.316 e. The standard InChI is InChI=1S/C13H22FN3O4S2.ClH/c1-4-15-7-8-16-23(20,21)11-5-6-13(12(14)9-11)17-22(18,19)10(2)3;/h5-6,9-10,15-17H,4,7-8H2,1-3H3;1H. The third-order valence-electron chi connectivity index (χ3n) is 2.97.